The highest BCUT2D eigenvalue weighted by atomic mass is 35.5. The molecule has 5 rings (SSSR count). The monoisotopic (exact) mass is 461 g/mol. The van der Waals surface area contributed by atoms with Crippen molar-refractivity contribution in [2.45, 2.75) is 6.54 Å². The van der Waals surface area contributed by atoms with Crippen LogP contribution in [0.5, 0.6) is 5.75 Å². The van der Waals surface area contributed by atoms with Gasteiger partial charge < -0.3 is 13.7 Å². The maximum atomic E-state index is 11.3. The van der Waals surface area contributed by atoms with Gasteiger partial charge in [-0.2, -0.15) is 0 Å². The molecule has 0 unspecified atom stereocenters. The minimum Gasteiger partial charge on any atom is -0.490 e. The van der Waals surface area contributed by atoms with Gasteiger partial charge >= 0.3 is 5.69 Å². The molecule has 5 aromatic rings. The van der Waals surface area contributed by atoms with Crippen LogP contribution in [-0.4, -0.2) is 31.8 Å². The Morgan fingerprint density at radius 2 is 1.82 bits per heavy atom. The van der Waals surface area contributed by atoms with Crippen LogP contribution in [0.4, 0.5) is 5.69 Å². The average Bonchev–Trinajstić information content (AvgIpc) is 3.45. The van der Waals surface area contributed by atoms with Gasteiger partial charge in [-0.25, -0.2) is 4.98 Å². The standard InChI is InChI=1S/C23H16ClN5O4/c1-32-20-11-8-15(12-19(20)29(30)31)23-27-26-21(33-23)13-28-18-5-3-2-4-17(18)25-22(28)14-6-9-16(24)10-7-14/h2-12H,13H2,1H3. The van der Waals surface area contributed by atoms with Crippen LogP contribution >= 0.6 is 11.6 Å². The van der Waals surface area contributed by atoms with E-state index in [2.05, 4.69) is 10.2 Å². The molecule has 9 nitrogen and oxygen atoms in total. The molecule has 0 amide bonds. The number of imidazole rings is 1. The van der Waals surface area contributed by atoms with Gasteiger partial charge in [0.1, 0.15) is 12.4 Å². The van der Waals surface area contributed by atoms with Crippen molar-refractivity contribution in [3.63, 3.8) is 0 Å². The normalized spacial score (nSPS) is 11.1. The van der Waals surface area contributed by atoms with E-state index in [0.717, 1.165) is 22.4 Å². The van der Waals surface area contributed by atoms with E-state index in [1.54, 1.807) is 6.07 Å². The quantitative estimate of drug-likeness (QED) is 0.247. The number of methoxy groups -OCH3 is 1. The third kappa shape index (κ3) is 3.90. The first kappa shape index (κ1) is 20.7. The molecule has 33 heavy (non-hydrogen) atoms. The van der Waals surface area contributed by atoms with Crippen molar-refractivity contribution < 1.29 is 14.1 Å². The van der Waals surface area contributed by atoms with Crippen LogP contribution in [0.15, 0.2) is 71.1 Å². The fourth-order valence-electron chi connectivity index (χ4n) is 3.59. The van der Waals surface area contributed by atoms with Crippen molar-refractivity contribution in [3.05, 3.63) is 87.8 Å². The minimum atomic E-state index is -0.518. The topological polar surface area (TPSA) is 109 Å². The Balaban J connectivity index is 1.53. The second kappa shape index (κ2) is 8.36. The van der Waals surface area contributed by atoms with Crippen LogP contribution in [-0.2, 0) is 6.54 Å². The van der Waals surface area contributed by atoms with Crippen LogP contribution in [0.2, 0.25) is 5.02 Å². The van der Waals surface area contributed by atoms with Gasteiger partial charge in [0.15, 0.2) is 5.75 Å². The molecule has 3 aromatic carbocycles. The van der Waals surface area contributed by atoms with Crippen molar-refractivity contribution in [1.82, 2.24) is 19.7 Å². The predicted molar refractivity (Wildman–Crippen MR) is 122 cm³/mol. The van der Waals surface area contributed by atoms with Crippen molar-refractivity contribution in [2.24, 2.45) is 0 Å². The summed E-state index contributed by atoms with van der Waals surface area (Å²) in [5.41, 5.74) is 2.87. The number of ether oxygens (including phenoxy) is 1. The van der Waals surface area contributed by atoms with E-state index in [1.165, 1.54) is 19.2 Å². The highest BCUT2D eigenvalue weighted by Crippen LogP contribution is 2.32. The van der Waals surface area contributed by atoms with Gasteiger partial charge in [-0.05, 0) is 48.5 Å². The Morgan fingerprint density at radius 1 is 1.06 bits per heavy atom. The molecule has 10 heteroatoms. The zero-order valence-corrected chi connectivity index (χ0v) is 18.1. The summed E-state index contributed by atoms with van der Waals surface area (Å²) in [6.45, 7) is 0.268. The summed E-state index contributed by atoms with van der Waals surface area (Å²) in [7, 11) is 1.38. The van der Waals surface area contributed by atoms with Crippen molar-refractivity contribution in [1.29, 1.82) is 0 Å². The number of benzene rings is 3. The molecule has 0 aliphatic rings. The zero-order chi connectivity index (χ0) is 22.9. The number of fused-ring (bicyclic) bond motifs is 1. The summed E-state index contributed by atoms with van der Waals surface area (Å²) in [5.74, 6) is 1.39. The molecule has 0 aliphatic carbocycles. The van der Waals surface area contributed by atoms with Crippen molar-refractivity contribution in [3.8, 4) is 28.6 Å². The molecule has 164 valence electrons. The second-order valence-electron chi connectivity index (χ2n) is 7.16. The van der Waals surface area contributed by atoms with Crippen molar-refractivity contribution >= 4 is 28.3 Å². The number of hydrogen-bond acceptors (Lipinski definition) is 7. The predicted octanol–water partition coefficient (Wildman–Crippen LogP) is 5.37. The largest absolute Gasteiger partial charge is 0.490 e. The molecule has 0 atom stereocenters. The molecular formula is C23H16ClN5O4. The van der Waals surface area contributed by atoms with E-state index < -0.39 is 4.92 Å². The summed E-state index contributed by atoms with van der Waals surface area (Å²) in [4.78, 5) is 15.6. The highest BCUT2D eigenvalue weighted by molar-refractivity contribution is 6.30. The zero-order valence-electron chi connectivity index (χ0n) is 17.3. The SMILES string of the molecule is COc1ccc(-c2nnc(Cn3c(-c4ccc(Cl)cc4)nc4ccccc43)o2)cc1[N+](=O)[O-]. The third-order valence-corrected chi connectivity index (χ3v) is 5.39. The number of hydrogen-bond donors (Lipinski definition) is 0. The lowest BCUT2D eigenvalue weighted by molar-refractivity contribution is -0.385. The van der Waals surface area contributed by atoms with E-state index in [0.29, 0.717) is 16.5 Å². The fraction of sp³-hybridized carbons (Fsp3) is 0.0870. The molecule has 2 heterocycles. The first-order chi connectivity index (χ1) is 16.0. The molecule has 0 saturated heterocycles. The molecule has 0 N–H and O–H groups in total. The van der Waals surface area contributed by atoms with E-state index >= 15 is 0 Å². The molecule has 0 saturated carbocycles. The molecule has 0 aliphatic heterocycles. The summed E-state index contributed by atoms with van der Waals surface area (Å²) in [6.07, 6.45) is 0. The summed E-state index contributed by atoms with van der Waals surface area (Å²) >= 11 is 6.05. The van der Waals surface area contributed by atoms with Gasteiger partial charge in [-0.3, -0.25) is 10.1 Å². The van der Waals surface area contributed by atoms with Crippen molar-refractivity contribution in [2.75, 3.05) is 7.11 Å². The number of nitro benzene ring substituents is 1. The Labute approximate surface area is 192 Å². The molecule has 2 aromatic heterocycles. The molecular weight excluding hydrogens is 446 g/mol. The average molecular weight is 462 g/mol. The van der Waals surface area contributed by atoms with Crippen LogP contribution in [0.1, 0.15) is 5.89 Å². The Hall–Kier alpha value is -4.24. The van der Waals surface area contributed by atoms with Gasteiger partial charge in [0.25, 0.3) is 0 Å². The van der Waals surface area contributed by atoms with Crippen LogP contribution < -0.4 is 4.74 Å². The number of para-hydroxylation sites is 2. The first-order valence-corrected chi connectivity index (χ1v) is 10.3. The van der Waals surface area contributed by atoms with Crippen LogP contribution in [0.3, 0.4) is 0 Å². The maximum absolute atomic E-state index is 11.3. The molecule has 0 radical (unpaired) electrons. The fourth-order valence-corrected chi connectivity index (χ4v) is 3.72. The molecule has 0 fully saturated rings. The summed E-state index contributed by atoms with van der Waals surface area (Å²) in [5, 5.41) is 20.2. The van der Waals surface area contributed by atoms with E-state index in [9.17, 15) is 10.1 Å². The van der Waals surface area contributed by atoms with E-state index in [1.807, 2.05) is 53.1 Å². The Bertz CT molecular complexity index is 1480. The summed E-state index contributed by atoms with van der Waals surface area (Å²) < 4.78 is 12.9. The lowest BCUT2D eigenvalue weighted by atomic mass is 10.2. The first-order valence-electron chi connectivity index (χ1n) is 9.90. The minimum absolute atomic E-state index is 0.154. The number of rotatable bonds is 6. The number of nitro groups is 1. The highest BCUT2D eigenvalue weighted by Gasteiger charge is 2.20. The second-order valence-corrected chi connectivity index (χ2v) is 7.60. The number of halogens is 1. The Kier molecular flexibility index (Phi) is 5.23. The van der Waals surface area contributed by atoms with Crippen LogP contribution in [0, 0.1) is 10.1 Å². The molecule has 0 spiro atoms. The number of nitrogens with zero attached hydrogens (tertiary/aromatic N) is 5. The molecule has 0 bridgehead atoms. The van der Waals surface area contributed by atoms with Gasteiger partial charge in [-0.15, -0.1) is 10.2 Å². The van der Waals surface area contributed by atoms with Gasteiger partial charge in [0.05, 0.1) is 23.1 Å². The summed E-state index contributed by atoms with van der Waals surface area (Å²) in [6, 6.07) is 19.6. The van der Waals surface area contributed by atoms with Crippen LogP contribution in [0.25, 0.3) is 33.9 Å². The lowest BCUT2D eigenvalue weighted by Gasteiger charge is -2.07. The van der Waals surface area contributed by atoms with Gasteiger partial charge in [0, 0.05) is 22.2 Å². The lowest BCUT2D eigenvalue weighted by Crippen LogP contribution is -2.02. The van der Waals surface area contributed by atoms with E-state index in [-0.39, 0.29) is 23.9 Å². The number of aromatic nitrogens is 4. The Morgan fingerprint density at radius 3 is 2.58 bits per heavy atom. The van der Waals surface area contributed by atoms with Gasteiger partial charge in [-0.1, -0.05) is 23.7 Å². The van der Waals surface area contributed by atoms with Gasteiger partial charge in [0.2, 0.25) is 11.8 Å². The maximum Gasteiger partial charge on any atom is 0.311 e. The third-order valence-electron chi connectivity index (χ3n) is 5.14. The van der Waals surface area contributed by atoms with E-state index in [4.69, 9.17) is 25.7 Å². The smallest absolute Gasteiger partial charge is 0.311 e.